The highest BCUT2D eigenvalue weighted by Gasteiger charge is 2.03. The van der Waals surface area contributed by atoms with E-state index in [1.54, 1.807) is 24.3 Å². The normalized spacial score (nSPS) is 10.8. The van der Waals surface area contributed by atoms with E-state index >= 15 is 0 Å². The molecule has 0 aromatic carbocycles. The van der Waals surface area contributed by atoms with Crippen molar-refractivity contribution < 1.29 is 4.79 Å². The summed E-state index contributed by atoms with van der Waals surface area (Å²) in [5, 5.41) is 0. The van der Waals surface area contributed by atoms with Crippen molar-refractivity contribution in [2.75, 3.05) is 0 Å². The van der Waals surface area contributed by atoms with E-state index in [2.05, 4.69) is 41.8 Å². The van der Waals surface area contributed by atoms with Crippen molar-refractivity contribution in [3.8, 4) is 0 Å². The second kappa shape index (κ2) is 6.02. The molecule has 0 saturated heterocycles. The molecule has 2 aromatic rings. The van der Waals surface area contributed by atoms with Crippen LogP contribution in [0.25, 0.3) is 6.08 Å². The molecule has 2 heterocycles. The van der Waals surface area contributed by atoms with Gasteiger partial charge in [-0.25, -0.2) is 9.97 Å². The van der Waals surface area contributed by atoms with Crippen molar-refractivity contribution in [1.82, 2.24) is 9.97 Å². The first-order valence-corrected chi connectivity index (χ1v) is 6.71. The minimum absolute atomic E-state index is 0.155. The Labute approximate surface area is 121 Å². The number of aromatic nitrogens is 2. The van der Waals surface area contributed by atoms with Crippen molar-refractivity contribution in [2.45, 2.75) is 0 Å². The summed E-state index contributed by atoms with van der Waals surface area (Å²) in [6, 6.07) is 10.7. The van der Waals surface area contributed by atoms with Crippen LogP contribution in [-0.4, -0.2) is 15.8 Å². The smallest absolute Gasteiger partial charge is 0.204 e. The Morgan fingerprint density at radius 1 is 1.00 bits per heavy atom. The molecule has 0 aliphatic heterocycles. The van der Waals surface area contributed by atoms with Gasteiger partial charge in [-0.05, 0) is 68.3 Å². The predicted octanol–water partition coefficient (Wildman–Crippen LogP) is 3.90. The van der Waals surface area contributed by atoms with Gasteiger partial charge in [-0.3, -0.25) is 4.79 Å². The average molecular weight is 368 g/mol. The lowest BCUT2D eigenvalue weighted by Gasteiger charge is -1.96. The summed E-state index contributed by atoms with van der Waals surface area (Å²) in [5.41, 5.74) is 1.11. The highest BCUT2D eigenvalue weighted by Crippen LogP contribution is 2.10. The third-order valence-electron chi connectivity index (χ3n) is 2.11. The van der Waals surface area contributed by atoms with E-state index in [0.717, 1.165) is 4.60 Å². The molecule has 0 fully saturated rings. The van der Waals surface area contributed by atoms with E-state index in [-0.39, 0.29) is 5.78 Å². The van der Waals surface area contributed by atoms with Gasteiger partial charge in [-0.2, -0.15) is 0 Å². The number of carbonyl (C=O) groups is 1. The Morgan fingerprint density at radius 2 is 1.67 bits per heavy atom. The maximum absolute atomic E-state index is 11.8. The SMILES string of the molecule is O=C(/C=C/c1cccc(Br)n1)c1cccc(Br)n1. The number of hydrogen-bond donors (Lipinski definition) is 0. The molecule has 3 nitrogen and oxygen atoms in total. The summed E-state index contributed by atoms with van der Waals surface area (Å²) < 4.78 is 1.38. The van der Waals surface area contributed by atoms with Crippen LogP contribution in [0.2, 0.25) is 0 Å². The molecule has 0 spiro atoms. The van der Waals surface area contributed by atoms with Crippen LogP contribution in [0.1, 0.15) is 16.2 Å². The second-order valence-electron chi connectivity index (χ2n) is 3.43. The molecular formula is C13H8Br2N2O. The number of hydrogen-bond acceptors (Lipinski definition) is 3. The van der Waals surface area contributed by atoms with Crippen molar-refractivity contribution in [3.63, 3.8) is 0 Å². The van der Waals surface area contributed by atoms with Gasteiger partial charge >= 0.3 is 0 Å². The van der Waals surface area contributed by atoms with E-state index in [0.29, 0.717) is 16.0 Å². The molecular weight excluding hydrogens is 360 g/mol. The van der Waals surface area contributed by atoms with Gasteiger partial charge in [0.2, 0.25) is 5.78 Å². The quantitative estimate of drug-likeness (QED) is 0.469. The van der Waals surface area contributed by atoms with Crippen LogP contribution < -0.4 is 0 Å². The summed E-state index contributed by atoms with van der Waals surface area (Å²) in [6.07, 6.45) is 3.12. The van der Waals surface area contributed by atoms with E-state index in [1.165, 1.54) is 6.08 Å². The van der Waals surface area contributed by atoms with E-state index in [9.17, 15) is 4.79 Å². The third-order valence-corrected chi connectivity index (χ3v) is 2.99. The summed E-state index contributed by atoms with van der Waals surface area (Å²) in [6.45, 7) is 0. The number of pyridine rings is 2. The maximum Gasteiger partial charge on any atom is 0.204 e. The van der Waals surface area contributed by atoms with Crippen LogP contribution >= 0.6 is 31.9 Å². The molecule has 0 unspecified atom stereocenters. The van der Waals surface area contributed by atoms with Gasteiger partial charge in [0, 0.05) is 0 Å². The zero-order valence-electron chi connectivity index (χ0n) is 9.18. The molecule has 5 heteroatoms. The molecule has 0 amide bonds. The van der Waals surface area contributed by atoms with Crippen LogP contribution in [0, 0.1) is 0 Å². The van der Waals surface area contributed by atoms with Gasteiger partial charge in [-0.1, -0.05) is 12.1 Å². The van der Waals surface area contributed by atoms with E-state index < -0.39 is 0 Å². The predicted molar refractivity (Wildman–Crippen MR) is 77.2 cm³/mol. The molecule has 90 valence electrons. The molecule has 0 radical (unpaired) electrons. The molecule has 0 atom stereocenters. The third kappa shape index (κ3) is 3.58. The molecule has 0 N–H and O–H groups in total. The maximum atomic E-state index is 11.8. The van der Waals surface area contributed by atoms with Crippen molar-refractivity contribution in [1.29, 1.82) is 0 Å². The first kappa shape index (κ1) is 13.1. The Morgan fingerprint density at radius 3 is 2.33 bits per heavy atom. The first-order valence-electron chi connectivity index (χ1n) is 5.13. The van der Waals surface area contributed by atoms with Gasteiger partial charge in [0.25, 0.3) is 0 Å². The number of halogens is 2. The molecule has 2 aromatic heterocycles. The van der Waals surface area contributed by atoms with Gasteiger partial charge in [0.05, 0.1) is 5.69 Å². The summed E-state index contributed by atoms with van der Waals surface area (Å²) in [5.74, 6) is -0.155. The fraction of sp³-hybridized carbons (Fsp3) is 0. The summed E-state index contributed by atoms with van der Waals surface area (Å²) >= 11 is 6.51. The standard InChI is InChI=1S/C13H8Br2N2O/c14-12-5-1-3-9(16-12)7-8-11(18)10-4-2-6-13(15)17-10/h1-8H/b8-7+. The highest BCUT2D eigenvalue weighted by molar-refractivity contribution is 9.10. The number of carbonyl (C=O) groups excluding carboxylic acids is 1. The fourth-order valence-electron chi connectivity index (χ4n) is 1.31. The summed E-state index contributed by atoms with van der Waals surface area (Å²) in [4.78, 5) is 20.1. The Kier molecular flexibility index (Phi) is 4.38. The molecule has 0 aliphatic rings. The molecule has 0 aliphatic carbocycles. The fourth-order valence-corrected chi connectivity index (χ4v) is 2.01. The van der Waals surface area contributed by atoms with Gasteiger partial charge in [0.1, 0.15) is 14.9 Å². The van der Waals surface area contributed by atoms with Gasteiger partial charge in [0.15, 0.2) is 0 Å². The second-order valence-corrected chi connectivity index (χ2v) is 5.05. The number of nitrogens with zero attached hydrogens (tertiary/aromatic N) is 2. The lowest BCUT2D eigenvalue weighted by atomic mass is 10.2. The van der Waals surface area contributed by atoms with Crippen LogP contribution in [0.5, 0.6) is 0 Å². The lowest BCUT2D eigenvalue weighted by molar-refractivity contribution is 0.104. The minimum Gasteiger partial charge on any atom is -0.288 e. The zero-order valence-corrected chi connectivity index (χ0v) is 12.3. The number of ketones is 1. The largest absolute Gasteiger partial charge is 0.288 e. The minimum atomic E-state index is -0.155. The van der Waals surface area contributed by atoms with E-state index in [4.69, 9.17) is 0 Å². The van der Waals surface area contributed by atoms with Crippen LogP contribution in [0.3, 0.4) is 0 Å². The summed E-state index contributed by atoms with van der Waals surface area (Å²) in [7, 11) is 0. The zero-order chi connectivity index (χ0) is 13.0. The molecule has 0 saturated carbocycles. The van der Waals surface area contributed by atoms with Gasteiger partial charge < -0.3 is 0 Å². The number of allylic oxidation sites excluding steroid dienone is 1. The first-order chi connectivity index (χ1) is 8.65. The topological polar surface area (TPSA) is 42.9 Å². The molecule has 0 bridgehead atoms. The van der Waals surface area contributed by atoms with Crippen LogP contribution in [0.15, 0.2) is 51.7 Å². The van der Waals surface area contributed by atoms with Crippen molar-refractivity contribution >= 4 is 43.7 Å². The highest BCUT2D eigenvalue weighted by atomic mass is 79.9. The van der Waals surface area contributed by atoms with Crippen LogP contribution in [0.4, 0.5) is 0 Å². The van der Waals surface area contributed by atoms with Gasteiger partial charge in [-0.15, -0.1) is 0 Å². The lowest BCUT2D eigenvalue weighted by Crippen LogP contribution is -1.98. The Bertz CT molecular complexity index is 611. The monoisotopic (exact) mass is 366 g/mol. The van der Waals surface area contributed by atoms with E-state index in [1.807, 2.05) is 18.2 Å². The average Bonchev–Trinajstić information content (AvgIpc) is 2.36. The number of rotatable bonds is 3. The van der Waals surface area contributed by atoms with Crippen LogP contribution in [-0.2, 0) is 0 Å². The Hall–Kier alpha value is -1.33. The Balaban J connectivity index is 2.17. The van der Waals surface area contributed by atoms with Crippen molar-refractivity contribution in [2.24, 2.45) is 0 Å². The van der Waals surface area contributed by atoms with Crippen molar-refractivity contribution in [3.05, 3.63) is 63.1 Å². The molecule has 18 heavy (non-hydrogen) atoms. The molecule has 2 rings (SSSR count).